The molecule has 5 atom stereocenters. The topological polar surface area (TPSA) is 41.1 Å². The van der Waals surface area contributed by atoms with Crippen LogP contribution in [0.3, 0.4) is 0 Å². The van der Waals surface area contributed by atoms with Gasteiger partial charge in [-0.1, -0.05) is 0 Å². The Morgan fingerprint density at radius 1 is 1.04 bits per heavy atom. The van der Waals surface area contributed by atoms with Crippen LogP contribution in [-0.2, 0) is 6.54 Å². The number of anilines is 1. The SMILES string of the molecule is c1nc(N2CCCC2)ncc1CNC12CC3CC4CC(C1)C42C3. The number of nitrogens with one attached hydrogen (secondary N) is 1. The van der Waals surface area contributed by atoms with Gasteiger partial charge in [0.05, 0.1) is 0 Å². The summed E-state index contributed by atoms with van der Waals surface area (Å²) in [6.07, 6.45) is 14.1. The van der Waals surface area contributed by atoms with Gasteiger partial charge in [0.2, 0.25) is 5.95 Å². The van der Waals surface area contributed by atoms with E-state index in [0.717, 1.165) is 43.3 Å². The monoisotopic (exact) mass is 310 g/mol. The normalized spacial score (nSPS) is 45.7. The molecule has 2 heterocycles. The maximum atomic E-state index is 4.61. The summed E-state index contributed by atoms with van der Waals surface area (Å²) in [6, 6.07) is 0. The fourth-order valence-electron chi connectivity index (χ4n) is 7.28. The van der Waals surface area contributed by atoms with E-state index in [0.29, 0.717) is 11.0 Å². The molecule has 4 heteroatoms. The van der Waals surface area contributed by atoms with Gasteiger partial charge in [0, 0.05) is 43.1 Å². The Balaban J connectivity index is 1.16. The lowest BCUT2D eigenvalue weighted by atomic mass is 9.35. The molecule has 1 N–H and O–H groups in total. The molecule has 1 spiro atoms. The van der Waals surface area contributed by atoms with Crippen molar-refractivity contribution in [2.24, 2.45) is 23.2 Å². The van der Waals surface area contributed by atoms with Crippen LogP contribution in [0.1, 0.15) is 50.5 Å². The van der Waals surface area contributed by atoms with E-state index in [1.807, 2.05) is 12.4 Å². The smallest absolute Gasteiger partial charge is 0.225 e. The summed E-state index contributed by atoms with van der Waals surface area (Å²) < 4.78 is 0. The molecule has 4 saturated carbocycles. The first-order chi connectivity index (χ1) is 11.3. The van der Waals surface area contributed by atoms with Gasteiger partial charge in [0.1, 0.15) is 0 Å². The van der Waals surface area contributed by atoms with Crippen molar-refractivity contribution in [2.45, 2.75) is 57.0 Å². The van der Waals surface area contributed by atoms with Crippen LogP contribution in [0, 0.1) is 23.2 Å². The van der Waals surface area contributed by atoms with Crippen molar-refractivity contribution >= 4 is 5.95 Å². The lowest BCUT2D eigenvalue weighted by Gasteiger charge is -2.73. The van der Waals surface area contributed by atoms with E-state index in [4.69, 9.17) is 0 Å². The van der Waals surface area contributed by atoms with Crippen LogP contribution in [0.5, 0.6) is 0 Å². The van der Waals surface area contributed by atoms with Crippen LogP contribution in [0.15, 0.2) is 12.4 Å². The van der Waals surface area contributed by atoms with E-state index < -0.39 is 0 Å². The fraction of sp³-hybridized carbons (Fsp3) is 0.789. The Kier molecular flexibility index (Phi) is 2.44. The minimum Gasteiger partial charge on any atom is -0.341 e. The number of hydrogen-bond acceptors (Lipinski definition) is 4. The molecule has 23 heavy (non-hydrogen) atoms. The summed E-state index contributed by atoms with van der Waals surface area (Å²) in [5.41, 5.74) is 2.45. The standard InChI is InChI=1S/C19H26N4/c1-2-4-23(3-1)17-20-10-14(11-21-17)12-22-18-7-13-5-15-6-16(9-18)19(15,18)8-13/h10-11,13,15-16,22H,1-9,12H2. The van der Waals surface area contributed by atoms with Gasteiger partial charge in [-0.05, 0) is 68.1 Å². The second-order valence-corrected chi connectivity index (χ2v) is 8.91. The molecule has 1 aromatic heterocycles. The highest BCUT2D eigenvalue weighted by Crippen LogP contribution is 2.82. The predicted molar refractivity (Wildman–Crippen MR) is 89.0 cm³/mol. The average Bonchev–Trinajstić information content (AvgIpc) is 3.24. The van der Waals surface area contributed by atoms with Crippen molar-refractivity contribution in [2.75, 3.05) is 18.0 Å². The Labute approximate surface area is 138 Å². The molecule has 5 aliphatic rings. The molecule has 1 aliphatic heterocycles. The molecule has 5 unspecified atom stereocenters. The Morgan fingerprint density at radius 3 is 2.61 bits per heavy atom. The molecular formula is C19H26N4. The molecule has 6 rings (SSSR count). The maximum Gasteiger partial charge on any atom is 0.225 e. The van der Waals surface area contributed by atoms with Crippen molar-refractivity contribution in [3.63, 3.8) is 0 Å². The summed E-state index contributed by atoms with van der Waals surface area (Å²) >= 11 is 0. The summed E-state index contributed by atoms with van der Waals surface area (Å²) in [5, 5.41) is 3.99. The highest BCUT2D eigenvalue weighted by atomic mass is 15.3. The van der Waals surface area contributed by atoms with Crippen LogP contribution < -0.4 is 10.2 Å². The van der Waals surface area contributed by atoms with E-state index in [-0.39, 0.29) is 0 Å². The minimum absolute atomic E-state index is 0.483. The van der Waals surface area contributed by atoms with Gasteiger partial charge >= 0.3 is 0 Å². The van der Waals surface area contributed by atoms with Crippen LogP contribution in [0.2, 0.25) is 0 Å². The Bertz CT molecular complexity index is 637. The first kappa shape index (κ1) is 13.2. The van der Waals surface area contributed by atoms with Crippen LogP contribution in [0.25, 0.3) is 0 Å². The molecule has 5 fully saturated rings. The van der Waals surface area contributed by atoms with Gasteiger partial charge < -0.3 is 10.2 Å². The van der Waals surface area contributed by atoms with Gasteiger partial charge in [0.25, 0.3) is 0 Å². The first-order valence-corrected chi connectivity index (χ1v) is 9.60. The van der Waals surface area contributed by atoms with E-state index in [1.54, 1.807) is 0 Å². The van der Waals surface area contributed by atoms with E-state index >= 15 is 0 Å². The van der Waals surface area contributed by atoms with Gasteiger partial charge in [-0.25, -0.2) is 9.97 Å². The number of nitrogens with zero attached hydrogens (tertiary/aromatic N) is 3. The molecule has 0 amide bonds. The number of aromatic nitrogens is 2. The second kappa shape index (κ2) is 4.27. The first-order valence-electron chi connectivity index (χ1n) is 9.60. The second-order valence-electron chi connectivity index (χ2n) is 8.91. The van der Waals surface area contributed by atoms with Crippen molar-refractivity contribution in [3.05, 3.63) is 18.0 Å². The molecule has 0 aromatic carbocycles. The molecule has 4 aliphatic carbocycles. The molecular weight excluding hydrogens is 284 g/mol. The van der Waals surface area contributed by atoms with Gasteiger partial charge in [-0.15, -0.1) is 0 Å². The summed E-state index contributed by atoms with van der Waals surface area (Å²) in [6.45, 7) is 3.19. The van der Waals surface area contributed by atoms with E-state index in [1.165, 1.54) is 50.5 Å². The zero-order valence-corrected chi connectivity index (χ0v) is 13.8. The van der Waals surface area contributed by atoms with Crippen molar-refractivity contribution < 1.29 is 0 Å². The number of fused-ring (bicyclic) bond motifs is 1. The third kappa shape index (κ3) is 1.52. The highest BCUT2D eigenvalue weighted by molar-refractivity contribution is 5.34. The summed E-state index contributed by atoms with van der Waals surface area (Å²) in [4.78, 5) is 11.5. The van der Waals surface area contributed by atoms with Crippen LogP contribution in [0.4, 0.5) is 5.95 Å². The highest BCUT2D eigenvalue weighted by Gasteiger charge is 2.80. The minimum atomic E-state index is 0.483. The zero-order chi connectivity index (χ0) is 15.1. The molecule has 4 nitrogen and oxygen atoms in total. The third-order valence-corrected chi connectivity index (χ3v) is 8.10. The largest absolute Gasteiger partial charge is 0.341 e. The lowest BCUT2D eigenvalue weighted by Crippen LogP contribution is -2.75. The van der Waals surface area contributed by atoms with Crippen LogP contribution >= 0.6 is 0 Å². The summed E-state index contributed by atoms with van der Waals surface area (Å²) in [5.74, 6) is 4.06. The Hall–Kier alpha value is -1.16. The third-order valence-electron chi connectivity index (χ3n) is 8.10. The van der Waals surface area contributed by atoms with Gasteiger partial charge in [0.15, 0.2) is 0 Å². The molecule has 1 saturated heterocycles. The zero-order valence-electron chi connectivity index (χ0n) is 13.8. The molecule has 2 bridgehead atoms. The summed E-state index contributed by atoms with van der Waals surface area (Å²) in [7, 11) is 0. The van der Waals surface area contributed by atoms with Gasteiger partial charge in [-0.3, -0.25) is 0 Å². The van der Waals surface area contributed by atoms with Crippen molar-refractivity contribution in [3.8, 4) is 0 Å². The maximum absolute atomic E-state index is 4.61. The molecule has 122 valence electrons. The average molecular weight is 310 g/mol. The predicted octanol–water partition coefficient (Wildman–Crippen LogP) is 2.75. The fourth-order valence-corrected chi connectivity index (χ4v) is 7.28. The van der Waals surface area contributed by atoms with Gasteiger partial charge in [-0.2, -0.15) is 0 Å². The van der Waals surface area contributed by atoms with Crippen molar-refractivity contribution in [1.82, 2.24) is 15.3 Å². The quantitative estimate of drug-likeness (QED) is 0.928. The number of hydrogen-bond donors (Lipinski definition) is 1. The van der Waals surface area contributed by atoms with E-state index in [2.05, 4.69) is 20.2 Å². The molecule has 1 aromatic rings. The van der Waals surface area contributed by atoms with Crippen molar-refractivity contribution in [1.29, 1.82) is 0 Å². The molecule has 0 radical (unpaired) electrons. The van der Waals surface area contributed by atoms with Crippen LogP contribution in [-0.4, -0.2) is 28.6 Å². The Morgan fingerprint density at radius 2 is 1.87 bits per heavy atom. The number of rotatable bonds is 4. The lowest BCUT2D eigenvalue weighted by molar-refractivity contribution is -0.207. The van der Waals surface area contributed by atoms with E-state index in [9.17, 15) is 0 Å².